The van der Waals surface area contributed by atoms with E-state index in [2.05, 4.69) is 4.98 Å². The number of benzene rings is 2. The number of nitrogens with two attached hydrogens (primary N) is 1. The van der Waals surface area contributed by atoms with Crippen molar-refractivity contribution in [3.8, 4) is 28.6 Å². The maximum Gasteiger partial charge on any atom is 0.292 e. The fourth-order valence-corrected chi connectivity index (χ4v) is 2.47. The van der Waals surface area contributed by atoms with Crippen molar-refractivity contribution < 1.29 is 18.6 Å². The van der Waals surface area contributed by atoms with Gasteiger partial charge in [-0.3, -0.25) is 0 Å². The molecule has 0 spiro atoms. The highest BCUT2D eigenvalue weighted by Gasteiger charge is 2.10. The van der Waals surface area contributed by atoms with Gasteiger partial charge in [0.2, 0.25) is 0 Å². The first-order chi connectivity index (χ1) is 12.2. The van der Waals surface area contributed by atoms with Crippen LogP contribution in [0.25, 0.3) is 11.3 Å². The first-order valence-corrected chi connectivity index (χ1v) is 7.85. The van der Waals surface area contributed by atoms with E-state index in [-0.39, 0.29) is 6.01 Å². The molecule has 0 unspecified atom stereocenters. The number of rotatable bonds is 7. The van der Waals surface area contributed by atoms with Gasteiger partial charge in [-0.05, 0) is 35.9 Å². The Hall–Kier alpha value is -3.15. The fraction of sp³-hybridized carbons (Fsp3) is 0.211. The van der Waals surface area contributed by atoms with E-state index in [4.69, 9.17) is 24.4 Å². The minimum Gasteiger partial charge on any atom is -0.497 e. The molecule has 130 valence electrons. The average molecular weight is 340 g/mol. The highest BCUT2D eigenvalue weighted by atomic mass is 16.5. The molecule has 1 aromatic heterocycles. The molecule has 0 atom stereocenters. The topological polar surface area (TPSA) is 79.7 Å². The molecule has 0 fully saturated rings. The summed E-state index contributed by atoms with van der Waals surface area (Å²) in [4.78, 5) is 3.90. The smallest absolute Gasteiger partial charge is 0.292 e. The van der Waals surface area contributed by atoms with E-state index >= 15 is 0 Å². The summed E-state index contributed by atoms with van der Waals surface area (Å²) in [5.74, 6) is 2.71. The number of nitrogens with zero attached hydrogens (tertiary/aromatic N) is 1. The second kappa shape index (κ2) is 7.61. The lowest BCUT2D eigenvalue weighted by molar-refractivity contribution is 0.297. The van der Waals surface area contributed by atoms with Crippen LogP contribution in [0.15, 0.2) is 53.1 Å². The zero-order chi connectivity index (χ0) is 17.6. The third-order valence-corrected chi connectivity index (χ3v) is 3.75. The molecule has 2 N–H and O–H groups in total. The molecule has 1 heterocycles. The van der Waals surface area contributed by atoms with Gasteiger partial charge >= 0.3 is 0 Å². The van der Waals surface area contributed by atoms with Gasteiger partial charge in [-0.2, -0.15) is 0 Å². The van der Waals surface area contributed by atoms with Crippen LogP contribution in [-0.4, -0.2) is 25.8 Å². The SMILES string of the molecule is COc1cccc(CCOc2ccc(-c3cnc(N)o3)cc2OC)c1. The third-order valence-electron chi connectivity index (χ3n) is 3.75. The molecule has 6 nitrogen and oxygen atoms in total. The Labute approximate surface area is 146 Å². The van der Waals surface area contributed by atoms with Gasteiger partial charge in [0.25, 0.3) is 6.01 Å². The summed E-state index contributed by atoms with van der Waals surface area (Å²) < 4.78 is 21.8. The molecule has 0 bridgehead atoms. The van der Waals surface area contributed by atoms with Crippen molar-refractivity contribution in [2.45, 2.75) is 6.42 Å². The van der Waals surface area contributed by atoms with E-state index in [9.17, 15) is 0 Å². The molecule has 0 saturated heterocycles. The van der Waals surface area contributed by atoms with Crippen molar-refractivity contribution in [2.24, 2.45) is 0 Å². The van der Waals surface area contributed by atoms with E-state index in [0.29, 0.717) is 23.9 Å². The molecule has 3 aromatic rings. The number of oxazole rings is 1. The van der Waals surface area contributed by atoms with Crippen LogP contribution in [0.3, 0.4) is 0 Å². The lowest BCUT2D eigenvalue weighted by Gasteiger charge is -2.12. The molecule has 0 amide bonds. The largest absolute Gasteiger partial charge is 0.497 e. The van der Waals surface area contributed by atoms with E-state index in [1.165, 1.54) is 0 Å². The summed E-state index contributed by atoms with van der Waals surface area (Å²) in [6.07, 6.45) is 2.34. The van der Waals surface area contributed by atoms with E-state index in [0.717, 1.165) is 23.3 Å². The van der Waals surface area contributed by atoms with Crippen LogP contribution < -0.4 is 19.9 Å². The van der Waals surface area contributed by atoms with Gasteiger partial charge in [-0.25, -0.2) is 4.98 Å². The van der Waals surface area contributed by atoms with Crippen molar-refractivity contribution in [3.63, 3.8) is 0 Å². The Morgan fingerprint density at radius 3 is 2.64 bits per heavy atom. The van der Waals surface area contributed by atoms with E-state index in [1.807, 2.05) is 42.5 Å². The Kier molecular flexibility index (Phi) is 5.09. The Bertz CT molecular complexity index is 845. The van der Waals surface area contributed by atoms with Gasteiger partial charge in [0.05, 0.1) is 27.0 Å². The molecular weight excluding hydrogens is 320 g/mol. The molecule has 6 heteroatoms. The van der Waals surface area contributed by atoms with Gasteiger partial charge in [-0.1, -0.05) is 12.1 Å². The highest BCUT2D eigenvalue weighted by molar-refractivity contribution is 5.62. The number of aromatic nitrogens is 1. The van der Waals surface area contributed by atoms with Gasteiger partial charge in [0.15, 0.2) is 17.3 Å². The lowest BCUT2D eigenvalue weighted by atomic mass is 10.1. The molecule has 0 aliphatic heterocycles. The summed E-state index contributed by atoms with van der Waals surface area (Å²) in [7, 11) is 3.26. The van der Waals surface area contributed by atoms with Crippen LogP contribution in [-0.2, 0) is 6.42 Å². The van der Waals surface area contributed by atoms with Gasteiger partial charge < -0.3 is 24.4 Å². The van der Waals surface area contributed by atoms with Gasteiger partial charge in [0.1, 0.15) is 5.75 Å². The van der Waals surface area contributed by atoms with Crippen molar-refractivity contribution in [1.29, 1.82) is 0 Å². The lowest BCUT2D eigenvalue weighted by Crippen LogP contribution is -2.03. The maximum absolute atomic E-state index is 5.86. The average Bonchev–Trinajstić information content (AvgIpc) is 3.08. The monoisotopic (exact) mass is 340 g/mol. The molecule has 0 aliphatic rings. The number of ether oxygens (including phenoxy) is 3. The third kappa shape index (κ3) is 4.03. The summed E-state index contributed by atoms with van der Waals surface area (Å²) in [5.41, 5.74) is 7.48. The predicted molar refractivity (Wildman–Crippen MR) is 95.1 cm³/mol. The molecular formula is C19H20N2O4. The molecule has 0 radical (unpaired) electrons. The summed E-state index contributed by atoms with van der Waals surface area (Å²) >= 11 is 0. The van der Waals surface area contributed by atoms with Crippen LogP contribution in [0.1, 0.15) is 5.56 Å². The van der Waals surface area contributed by atoms with Crippen molar-refractivity contribution in [1.82, 2.24) is 4.98 Å². The van der Waals surface area contributed by atoms with Crippen LogP contribution >= 0.6 is 0 Å². The molecule has 0 aliphatic carbocycles. The number of methoxy groups -OCH3 is 2. The first kappa shape index (κ1) is 16.7. The van der Waals surface area contributed by atoms with Crippen LogP contribution in [0.4, 0.5) is 6.01 Å². The zero-order valence-electron chi connectivity index (χ0n) is 14.2. The minimum atomic E-state index is 0.132. The molecule has 0 saturated carbocycles. The maximum atomic E-state index is 5.86. The van der Waals surface area contributed by atoms with Gasteiger partial charge in [-0.15, -0.1) is 0 Å². The Balaban J connectivity index is 1.67. The summed E-state index contributed by atoms with van der Waals surface area (Å²) in [5, 5.41) is 0. The number of anilines is 1. The number of hydrogen-bond donors (Lipinski definition) is 1. The van der Waals surface area contributed by atoms with Crippen molar-refractivity contribution in [2.75, 3.05) is 26.6 Å². The van der Waals surface area contributed by atoms with E-state index < -0.39 is 0 Å². The normalized spacial score (nSPS) is 10.5. The van der Waals surface area contributed by atoms with Crippen LogP contribution in [0.2, 0.25) is 0 Å². The first-order valence-electron chi connectivity index (χ1n) is 7.85. The summed E-state index contributed by atoms with van der Waals surface area (Å²) in [6, 6.07) is 13.6. The zero-order valence-corrected chi connectivity index (χ0v) is 14.2. The highest BCUT2D eigenvalue weighted by Crippen LogP contribution is 2.33. The minimum absolute atomic E-state index is 0.132. The molecule has 25 heavy (non-hydrogen) atoms. The molecule has 3 rings (SSSR count). The number of hydrogen-bond acceptors (Lipinski definition) is 6. The van der Waals surface area contributed by atoms with Crippen molar-refractivity contribution in [3.05, 3.63) is 54.2 Å². The fourth-order valence-electron chi connectivity index (χ4n) is 2.47. The quantitative estimate of drug-likeness (QED) is 0.708. The van der Waals surface area contributed by atoms with Crippen molar-refractivity contribution >= 4 is 6.01 Å². The molecule has 2 aromatic carbocycles. The number of nitrogen functional groups attached to an aromatic ring is 1. The van der Waals surface area contributed by atoms with Gasteiger partial charge in [0, 0.05) is 12.0 Å². The van der Waals surface area contributed by atoms with Crippen LogP contribution in [0.5, 0.6) is 17.2 Å². The predicted octanol–water partition coefficient (Wildman–Crippen LogP) is 3.56. The van der Waals surface area contributed by atoms with Crippen LogP contribution in [0, 0.1) is 0 Å². The Morgan fingerprint density at radius 1 is 1.04 bits per heavy atom. The summed E-state index contributed by atoms with van der Waals surface area (Å²) in [6.45, 7) is 0.526. The van der Waals surface area contributed by atoms with E-state index in [1.54, 1.807) is 20.4 Å². The standard InChI is InChI=1S/C19H20N2O4/c1-22-15-5-3-4-13(10-15)8-9-24-16-7-6-14(11-17(16)23-2)18-12-21-19(20)25-18/h3-7,10-12H,8-9H2,1-2H3,(H2,20,21). The second-order valence-electron chi connectivity index (χ2n) is 5.38. The Morgan fingerprint density at radius 2 is 1.92 bits per heavy atom. The second-order valence-corrected chi connectivity index (χ2v) is 5.38.